The molecule has 0 aliphatic heterocycles. The van der Waals surface area contributed by atoms with Crippen molar-refractivity contribution in [2.45, 2.75) is 0 Å². The Morgan fingerprint density at radius 2 is 1.52 bits per heavy atom. The predicted molar refractivity (Wildman–Crippen MR) is 112 cm³/mol. The average Bonchev–Trinajstić information content (AvgIpc) is 3.29. The van der Waals surface area contributed by atoms with Crippen LogP contribution in [0.15, 0.2) is 89.5 Å². The smallest absolute Gasteiger partial charge is 0.259 e. The first-order chi connectivity index (χ1) is 14.3. The van der Waals surface area contributed by atoms with E-state index in [0.717, 1.165) is 39.0 Å². The summed E-state index contributed by atoms with van der Waals surface area (Å²) >= 11 is 0. The normalized spacial score (nSPS) is 10.9. The van der Waals surface area contributed by atoms with Gasteiger partial charge in [0.15, 0.2) is 0 Å². The molecule has 2 heterocycles. The van der Waals surface area contributed by atoms with Crippen LogP contribution in [-0.4, -0.2) is 22.2 Å². The summed E-state index contributed by atoms with van der Waals surface area (Å²) in [5.74, 6) is 1.78. The zero-order valence-electron chi connectivity index (χ0n) is 15.7. The van der Waals surface area contributed by atoms with Gasteiger partial charge < -0.3 is 9.26 Å². The minimum Gasteiger partial charge on any atom is -0.497 e. The van der Waals surface area contributed by atoms with E-state index in [1.165, 1.54) is 0 Å². The van der Waals surface area contributed by atoms with Crippen molar-refractivity contribution in [2.24, 2.45) is 0 Å². The third kappa shape index (κ3) is 3.23. The maximum absolute atomic E-state index is 5.64. The summed E-state index contributed by atoms with van der Waals surface area (Å²) in [6.45, 7) is 0. The molecule has 2 aromatic heterocycles. The number of ether oxygens (including phenoxy) is 1. The van der Waals surface area contributed by atoms with Crippen LogP contribution in [0.3, 0.4) is 0 Å². The molecule has 5 heteroatoms. The molecule has 3 aromatic carbocycles. The highest BCUT2D eigenvalue weighted by Crippen LogP contribution is 2.32. The highest BCUT2D eigenvalue weighted by atomic mass is 16.5. The monoisotopic (exact) mass is 379 g/mol. The van der Waals surface area contributed by atoms with E-state index < -0.39 is 0 Å². The molecule has 0 atom stereocenters. The van der Waals surface area contributed by atoms with E-state index in [2.05, 4.69) is 10.1 Å². The van der Waals surface area contributed by atoms with Gasteiger partial charge in [-0.15, -0.1) is 0 Å². The molecule has 0 saturated heterocycles. The van der Waals surface area contributed by atoms with E-state index in [4.69, 9.17) is 14.2 Å². The molecule has 0 spiro atoms. The minimum absolute atomic E-state index is 0.464. The second-order valence-electron chi connectivity index (χ2n) is 6.59. The molecule has 0 unspecified atom stereocenters. The summed E-state index contributed by atoms with van der Waals surface area (Å²) in [4.78, 5) is 9.46. The van der Waals surface area contributed by atoms with E-state index >= 15 is 0 Å². The highest BCUT2D eigenvalue weighted by molar-refractivity contribution is 5.94. The fraction of sp³-hybridized carbons (Fsp3) is 0.0417. The Balaban J connectivity index is 1.63. The third-order valence-corrected chi connectivity index (χ3v) is 4.79. The number of para-hydroxylation sites is 1. The predicted octanol–water partition coefficient (Wildman–Crippen LogP) is 5.63. The lowest BCUT2D eigenvalue weighted by Gasteiger charge is -2.07. The van der Waals surface area contributed by atoms with Gasteiger partial charge in [0.25, 0.3) is 5.89 Å². The quantitative estimate of drug-likeness (QED) is 0.405. The molecule has 140 valence electrons. The van der Waals surface area contributed by atoms with Gasteiger partial charge in [0.2, 0.25) is 5.82 Å². The third-order valence-electron chi connectivity index (χ3n) is 4.79. The van der Waals surface area contributed by atoms with Crippen LogP contribution in [0.25, 0.3) is 45.0 Å². The Labute approximate surface area is 167 Å². The molecule has 0 radical (unpaired) electrons. The maximum atomic E-state index is 5.64. The van der Waals surface area contributed by atoms with Gasteiger partial charge in [0.1, 0.15) is 5.75 Å². The van der Waals surface area contributed by atoms with E-state index in [1.54, 1.807) is 7.11 Å². The lowest BCUT2D eigenvalue weighted by Crippen LogP contribution is -1.90. The van der Waals surface area contributed by atoms with E-state index in [0.29, 0.717) is 11.7 Å². The molecule has 5 aromatic rings. The average molecular weight is 379 g/mol. The molecule has 0 fully saturated rings. The second-order valence-corrected chi connectivity index (χ2v) is 6.59. The van der Waals surface area contributed by atoms with Crippen molar-refractivity contribution in [2.75, 3.05) is 7.11 Å². The summed E-state index contributed by atoms with van der Waals surface area (Å²) in [7, 11) is 1.64. The van der Waals surface area contributed by atoms with Crippen LogP contribution in [-0.2, 0) is 0 Å². The van der Waals surface area contributed by atoms with Gasteiger partial charge >= 0.3 is 0 Å². The maximum Gasteiger partial charge on any atom is 0.259 e. The van der Waals surface area contributed by atoms with Crippen molar-refractivity contribution in [3.05, 3.63) is 84.9 Å². The molecular weight excluding hydrogens is 362 g/mol. The number of aromatic nitrogens is 3. The molecule has 0 N–H and O–H groups in total. The van der Waals surface area contributed by atoms with Gasteiger partial charge in [0, 0.05) is 16.5 Å². The molecule has 0 amide bonds. The molecule has 0 aliphatic carbocycles. The zero-order chi connectivity index (χ0) is 19.6. The van der Waals surface area contributed by atoms with Crippen LogP contribution >= 0.6 is 0 Å². The van der Waals surface area contributed by atoms with E-state index in [-0.39, 0.29) is 0 Å². The number of pyridine rings is 1. The standard InChI is InChI=1S/C24H17N3O2/c1-28-18-13-11-17(12-14-18)23-26-24(29-27-23)20-15-22(16-7-3-2-4-8-16)25-21-10-6-5-9-19(20)21/h2-15H,1H3. The van der Waals surface area contributed by atoms with Crippen molar-refractivity contribution < 1.29 is 9.26 Å². The molecule has 0 aliphatic rings. The summed E-state index contributed by atoms with van der Waals surface area (Å²) in [6, 6.07) is 27.6. The molecule has 0 saturated carbocycles. The Kier molecular flexibility index (Phi) is 4.26. The number of benzene rings is 3. The fourth-order valence-electron chi connectivity index (χ4n) is 3.30. The van der Waals surface area contributed by atoms with Crippen LogP contribution in [0.1, 0.15) is 0 Å². The Morgan fingerprint density at radius 1 is 0.759 bits per heavy atom. The van der Waals surface area contributed by atoms with Crippen LogP contribution in [0, 0.1) is 0 Å². The van der Waals surface area contributed by atoms with Crippen LogP contribution in [0.2, 0.25) is 0 Å². The van der Waals surface area contributed by atoms with E-state index in [1.807, 2.05) is 84.9 Å². The van der Waals surface area contributed by atoms with Gasteiger partial charge in [-0.25, -0.2) is 4.98 Å². The molecule has 5 rings (SSSR count). The highest BCUT2D eigenvalue weighted by Gasteiger charge is 2.16. The molecular formula is C24H17N3O2. The number of hydrogen-bond donors (Lipinski definition) is 0. The summed E-state index contributed by atoms with van der Waals surface area (Å²) in [6.07, 6.45) is 0. The lowest BCUT2D eigenvalue weighted by molar-refractivity contribution is 0.415. The van der Waals surface area contributed by atoms with Crippen molar-refractivity contribution in [3.8, 4) is 39.8 Å². The zero-order valence-corrected chi connectivity index (χ0v) is 15.7. The first-order valence-electron chi connectivity index (χ1n) is 9.25. The van der Waals surface area contributed by atoms with Crippen molar-refractivity contribution in [3.63, 3.8) is 0 Å². The van der Waals surface area contributed by atoms with E-state index in [9.17, 15) is 0 Å². The SMILES string of the molecule is COc1ccc(-c2noc(-c3cc(-c4ccccc4)nc4ccccc34)n2)cc1. The van der Waals surface area contributed by atoms with Crippen LogP contribution < -0.4 is 4.74 Å². The van der Waals surface area contributed by atoms with Crippen molar-refractivity contribution in [1.29, 1.82) is 0 Å². The van der Waals surface area contributed by atoms with Crippen LogP contribution in [0.4, 0.5) is 0 Å². The van der Waals surface area contributed by atoms with Crippen molar-refractivity contribution >= 4 is 10.9 Å². The Bertz CT molecular complexity index is 1280. The molecule has 5 nitrogen and oxygen atoms in total. The largest absolute Gasteiger partial charge is 0.497 e. The first kappa shape index (κ1) is 17.1. The topological polar surface area (TPSA) is 61.0 Å². The van der Waals surface area contributed by atoms with Crippen LogP contribution in [0.5, 0.6) is 5.75 Å². The summed E-state index contributed by atoms with van der Waals surface area (Å²) < 4.78 is 10.9. The Morgan fingerprint density at radius 3 is 2.31 bits per heavy atom. The summed E-state index contributed by atoms with van der Waals surface area (Å²) in [5, 5.41) is 5.15. The fourth-order valence-corrected chi connectivity index (χ4v) is 3.30. The summed E-state index contributed by atoms with van der Waals surface area (Å²) in [5.41, 5.74) is 4.51. The van der Waals surface area contributed by atoms with Crippen molar-refractivity contribution in [1.82, 2.24) is 15.1 Å². The molecule has 0 bridgehead atoms. The van der Waals surface area contributed by atoms with Gasteiger partial charge in [0.05, 0.1) is 23.9 Å². The second kappa shape index (κ2) is 7.20. The van der Waals surface area contributed by atoms with Gasteiger partial charge in [-0.3, -0.25) is 0 Å². The van der Waals surface area contributed by atoms with Gasteiger partial charge in [-0.1, -0.05) is 53.7 Å². The van der Waals surface area contributed by atoms with Gasteiger partial charge in [-0.05, 0) is 36.4 Å². The minimum atomic E-state index is 0.464. The molecule has 29 heavy (non-hydrogen) atoms. The Hall–Kier alpha value is -3.99. The van der Waals surface area contributed by atoms with Gasteiger partial charge in [-0.2, -0.15) is 4.98 Å². The number of hydrogen-bond acceptors (Lipinski definition) is 5. The lowest BCUT2D eigenvalue weighted by atomic mass is 10.0. The number of nitrogens with zero attached hydrogens (tertiary/aromatic N) is 3. The number of fused-ring (bicyclic) bond motifs is 1. The number of rotatable bonds is 4. The first-order valence-corrected chi connectivity index (χ1v) is 9.25. The number of methoxy groups -OCH3 is 1.